The van der Waals surface area contributed by atoms with Crippen molar-refractivity contribution in [1.82, 2.24) is 4.90 Å². The summed E-state index contributed by atoms with van der Waals surface area (Å²) in [5.41, 5.74) is 4.57. The molecule has 3 rings (SSSR count). The number of carbonyl (C=O) groups is 2. The quantitative estimate of drug-likeness (QED) is 0.570. The van der Waals surface area contributed by atoms with E-state index in [1.807, 2.05) is 33.8 Å². The van der Waals surface area contributed by atoms with Crippen LogP contribution >= 0.6 is 0 Å². The molecule has 1 amide bonds. The molecule has 0 atom stereocenters. The highest BCUT2D eigenvalue weighted by Gasteiger charge is 2.27. The largest absolute Gasteiger partial charge is 0.496 e. The first-order chi connectivity index (χ1) is 13.8. The van der Waals surface area contributed by atoms with E-state index in [1.165, 1.54) is 7.11 Å². The Balaban J connectivity index is 1.88. The van der Waals surface area contributed by atoms with E-state index in [9.17, 15) is 9.59 Å². The van der Waals surface area contributed by atoms with E-state index in [4.69, 9.17) is 13.9 Å². The van der Waals surface area contributed by atoms with E-state index >= 15 is 0 Å². The zero-order chi connectivity index (χ0) is 21.3. The number of likely N-dealkylation sites (tertiary alicyclic amines) is 1. The molecule has 0 N–H and O–H groups in total. The molecule has 0 bridgehead atoms. The Bertz CT molecular complexity index is 977. The zero-order valence-electron chi connectivity index (χ0n) is 18.0. The van der Waals surface area contributed by atoms with E-state index in [0.717, 1.165) is 44.7 Å². The van der Waals surface area contributed by atoms with Gasteiger partial charge < -0.3 is 18.8 Å². The van der Waals surface area contributed by atoms with Crippen molar-refractivity contribution in [2.75, 3.05) is 27.3 Å². The van der Waals surface area contributed by atoms with Crippen LogP contribution in [0.2, 0.25) is 0 Å². The van der Waals surface area contributed by atoms with Crippen molar-refractivity contribution in [1.29, 1.82) is 0 Å². The summed E-state index contributed by atoms with van der Waals surface area (Å²) in [4.78, 5) is 26.3. The van der Waals surface area contributed by atoms with Gasteiger partial charge in [-0.05, 0) is 57.7 Å². The Hall–Kier alpha value is -2.76. The second-order valence-electron chi connectivity index (χ2n) is 7.69. The number of amides is 1. The lowest BCUT2D eigenvalue weighted by molar-refractivity contribution is -0.148. The van der Waals surface area contributed by atoms with Crippen LogP contribution in [0.15, 0.2) is 16.6 Å². The van der Waals surface area contributed by atoms with Gasteiger partial charge in [0, 0.05) is 35.7 Å². The fourth-order valence-corrected chi connectivity index (χ4v) is 4.02. The molecule has 1 aromatic heterocycles. The minimum Gasteiger partial charge on any atom is -0.496 e. The molecule has 2 heterocycles. The second-order valence-corrected chi connectivity index (χ2v) is 7.69. The van der Waals surface area contributed by atoms with Crippen LogP contribution < -0.4 is 4.74 Å². The third kappa shape index (κ3) is 3.88. The minimum absolute atomic E-state index is 0.0503. The van der Waals surface area contributed by atoms with Crippen LogP contribution in [-0.4, -0.2) is 44.1 Å². The molecule has 0 saturated carbocycles. The lowest BCUT2D eigenvalue weighted by atomic mass is 9.96. The van der Waals surface area contributed by atoms with E-state index in [-0.39, 0.29) is 17.8 Å². The van der Waals surface area contributed by atoms with E-state index in [2.05, 4.69) is 0 Å². The van der Waals surface area contributed by atoms with E-state index in [0.29, 0.717) is 25.9 Å². The van der Waals surface area contributed by atoms with Gasteiger partial charge >= 0.3 is 5.97 Å². The van der Waals surface area contributed by atoms with Crippen LogP contribution in [0.1, 0.15) is 42.2 Å². The summed E-state index contributed by atoms with van der Waals surface area (Å²) in [6.07, 6.45) is 2.92. The number of carbonyl (C=O) groups excluding carboxylic acids is 2. The fourth-order valence-electron chi connectivity index (χ4n) is 4.02. The predicted molar refractivity (Wildman–Crippen MR) is 112 cm³/mol. The number of benzene rings is 1. The molecular formula is C23H29NO5. The number of rotatable bonds is 4. The summed E-state index contributed by atoms with van der Waals surface area (Å²) in [6.45, 7) is 8.98. The SMILES string of the molecule is COC(=O)C1CCN(C(=O)/C=C(\C)c2cc3c(C)c(C)oc3c(C)c2OC)CC1. The Morgan fingerprint density at radius 2 is 1.79 bits per heavy atom. The highest BCUT2D eigenvalue weighted by Crippen LogP contribution is 2.38. The monoisotopic (exact) mass is 399 g/mol. The smallest absolute Gasteiger partial charge is 0.308 e. The molecule has 1 aliphatic rings. The second kappa shape index (κ2) is 8.31. The number of esters is 1. The summed E-state index contributed by atoms with van der Waals surface area (Å²) in [6, 6.07) is 2.04. The molecule has 1 fully saturated rings. The van der Waals surface area contributed by atoms with Crippen molar-refractivity contribution in [2.24, 2.45) is 5.92 Å². The van der Waals surface area contributed by atoms with Gasteiger partial charge in [-0.15, -0.1) is 0 Å². The van der Waals surface area contributed by atoms with Gasteiger partial charge in [0.15, 0.2) is 0 Å². The highest BCUT2D eigenvalue weighted by atomic mass is 16.5. The number of allylic oxidation sites excluding steroid dienone is 1. The maximum atomic E-state index is 12.8. The Morgan fingerprint density at radius 3 is 2.38 bits per heavy atom. The van der Waals surface area contributed by atoms with Crippen LogP contribution in [0.25, 0.3) is 16.5 Å². The molecule has 1 aliphatic heterocycles. The van der Waals surface area contributed by atoms with E-state index in [1.54, 1.807) is 18.1 Å². The highest BCUT2D eigenvalue weighted by molar-refractivity contribution is 5.98. The number of fused-ring (bicyclic) bond motifs is 1. The van der Waals surface area contributed by atoms with Crippen molar-refractivity contribution in [3.8, 4) is 5.75 Å². The number of ether oxygens (including phenoxy) is 2. The maximum absolute atomic E-state index is 12.8. The number of piperidine rings is 1. The molecule has 29 heavy (non-hydrogen) atoms. The van der Waals surface area contributed by atoms with Crippen molar-refractivity contribution in [2.45, 2.75) is 40.5 Å². The molecule has 2 aromatic rings. The summed E-state index contributed by atoms with van der Waals surface area (Å²) in [5.74, 6) is 1.24. The van der Waals surface area contributed by atoms with Gasteiger partial charge in [0.25, 0.3) is 0 Å². The van der Waals surface area contributed by atoms with Crippen molar-refractivity contribution in [3.63, 3.8) is 0 Å². The topological polar surface area (TPSA) is 69.0 Å². The molecule has 6 nitrogen and oxygen atoms in total. The fraction of sp³-hybridized carbons (Fsp3) is 0.478. The van der Waals surface area contributed by atoms with Crippen LogP contribution in [-0.2, 0) is 14.3 Å². The standard InChI is InChI=1S/C23H29NO5/c1-13(11-20(25)24-9-7-17(8-10-24)23(26)28-6)18-12-19-14(2)16(4)29-22(19)15(3)21(18)27-5/h11-12,17H,7-10H2,1-6H3/b13-11+. The summed E-state index contributed by atoms with van der Waals surface area (Å²) in [5, 5.41) is 1.04. The van der Waals surface area contributed by atoms with Gasteiger partial charge in [-0.1, -0.05) is 0 Å². The van der Waals surface area contributed by atoms with Crippen molar-refractivity contribution >= 4 is 28.4 Å². The van der Waals surface area contributed by atoms with Gasteiger partial charge in [-0.2, -0.15) is 0 Å². The predicted octanol–water partition coefficient (Wildman–Crippen LogP) is 4.18. The first kappa shape index (κ1) is 21.0. The average Bonchev–Trinajstić information content (AvgIpc) is 3.01. The van der Waals surface area contributed by atoms with E-state index < -0.39 is 0 Å². The van der Waals surface area contributed by atoms with Crippen LogP contribution in [0, 0.1) is 26.7 Å². The average molecular weight is 399 g/mol. The number of nitrogens with zero attached hydrogens (tertiary/aromatic N) is 1. The molecule has 6 heteroatoms. The first-order valence-corrected chi connectivity index (χ1v) is 9.91. The Kier molecular flexibility index (Phi) is 6.01. The third-order valence-electron chi connectivity index (χ3n) is 5.96. The number of hydrogen-bond acceptors (Lipinski definition) is 5. The van der Waals surface area contributed by atoms with Crippen LogP contribution in [0.5, 0.6) is 5.75 Å². The third-order valence-corrected chi connectivity index (χ3v) is 5.96. The molecule has 0 aliphatic carbocycles. The van der Waals surface area contributed by atoms with Crippen molar-refractivity contribution in [3.05, 3.63) is 34.6 Å². The van der Waals surface area contributed by atoms with Gasteiger partial charge in [0.2, 0.25) is 5.91 Å². The van der Waals surface area contributed by atoms with Gasteiger partial charge in [0.05, 0.1) is 20.1 Å². The zero-order valence-corrected chi connectivity index (χ0v) is 18.0. The van der Waals surface area contributed by atoms with Gasteiger partial charge in [-0.3, -0.25) is 9.59 Å². The number of methoxy groups -OCH3 is 2. The van der Waals surface area contributed by atoms with Crippen LogP contribution in [0.4, 0.5) is 0 Å². The molecule has 0 unspecified atom stereocenters. The van der Waals surface area contributed by atoms with Gasteiger partial charge in [-0.25, -0.2) is 0 Å². The first-order valence-electron chi connectivity index (χ1n) is 9.91. The number of aryl methyl sites for hydroxylation is 3. The molecule has 0 spiro atoms. The minimum atomic E-state index is -0.192. The molecule has 1 aromatic carbocycles. The molecule has 1 saturated heterocycles. The Morgan fingerprint density at radius 1 is 1.14 bits per heavy atom. The lowest BCUT2D eigenvalue weighted by Crippen LogP contribution is -2.39. The Labute approximate surface area is 171 Å². The summed E-state index contributed by atoms with van der Waals surface area (Å²) < 4.78 is 16.4. The molecule has 156 valence electrons. The lowest BCUT2D eigenvalue weighted by Gasteiger charge is -2.30. The normalized spacial score (nSPS) is 15.7. The summed E-state index contributed by atoms with van der Waals surface area (Å²) >= 11 is 0. The number of furan rings is 1. The van der Waals surface area contributed by atoms with Crippen molar-refractivity contribution < 1.29 is 23.5 Å². The molecule has 0 radical (unpaired) electrons. The van der Waals surface area contributed by atoms with Crippen LogP contribution in [0.3, 0.4) is 0 Å². The number of hydrogen-bond donors (Lipinski definition) is 0. The maximum Gasteiger partial charge on any atom is 0.308 e. The van der Waals surface area contributed by atoms with Gasteiger partial charge in [0.1, 0.15) is 17.1 Å². The summed E-state index contributed by atoms with van der Waals surface area (Å²) in [7, 11) is 3.04. The molecular weight excluding hydrogens is 370 g/mol.